The quantitative estimate of drug-likeness (QED) is 0.835. The average Bonchev–Trinajstić information content (AvgIpc) is 2.46. The van der Waals surface area contributed by atoms with Crippen LogP contribution in [0.5, 0.6) is 5.88 Å². The third kappa shape index (κ3) is 3.87. The topological polar surface area (TPSA) is 45.9 Å². The zero-order chi connectivity index (χ0) is 15.5. The van der Waals surface area contributed by atoms with E-state index in [9.17, 15) is 13.2 Å². The van der Waals surface area contributed by atoms with Gasteiger partial charge in [-0.25, -0.2) is 4.98 Å². The van der Waals surface area contributed by atoms with Gasteiger partial charge in [0, 0.05) is 0 Å². The number of ether oxygens (including phenoxy) is 1. The summed E-state index contributed by atoms with van der Waals surface area (Å²) >= 11 is 0. The Labute approximate surface area is 121 Å². The van der Waals surface area contributed by atoms with E-state index in [2.05, 4.69) is 11.9 Å². The van der Waals surface area contributed by atoms with Gasteiger partial charge in [0.15, 0.2) is 0 Å². The minimum absolute atomic E-state index is 0.0432. The van der Waals surface area contributed by atoms with Gasteiger partial charge >= 0.3 is 6.18 Å². The second kappa shape index (κ2) is 6.33. The highest BCUT2D eigenvalue weighted by molar-refractivity contribution is 5.39. The van der Waals surface area contributed by atoms with Crippen LogP contribution in [-0.4, -0.2) is 11.1 Å². The van der Waals surface area contributed by atoms with Crippen molar-refractivity contribution in [3.63, 3.8) is 0 Å². The SMILES string of the molecule is CCC1CCCC(Oc2nc(C(F)(F)F)ccc2C#N)C1. The number of halogens is 3. The van der Waals surface area contributed by atoms with Crippen LogP contribution < -0.4 is 4.74 Å². The molecule has 6 heteroatoms. The minimum atomic E-state index is -4.54. The Kier molecular flexibility index (Phi) is 4.71. The Hall–Kier alpha value is -1.77. The van der Waals surface area contributed by atoms with Crippen LogP contribution in [0.4, 0.5) is 13.2 Å². The lowest BCUT2D eigenvalue weighted by Crippen LogP contribution is -2.26. The van der Waals surface area contributed by atoms with Crippen LogP contribution in [0, 0.1) is 17.2 Å². The zero-order valence-electron chi connectivity index (χ0n) is 11.8. The van der Waals surface area contributed by atoms with E-state index in [1.807, 2.05) is 6.07 Å². The third-order valence-electron chi connectivity index (χ3n) is 3.86. The molecule has 1 aliphatic carbocycles. The molecule has 21 heavy (non-hydrogen) atoms. The van der Waals surface area contributed by atoms with E-state index in [4.69, 9.17) is 10.00 Å². The van der Waals surface area contributed by atoms with Crippen molar-refractivity contribution in [2.45, 2.75) is 51.3 Å². The summed E-state index contributed by atoms with van der Waals surface area (Å²) in [5.74, 6) is 0.328. The molecule has 3 nitrogen and oxygen atoms in total. The van der Waals surface area contributed by atoms with Gasteiger partial charge in [-0.05, 0) is 37.3 Å². The highest BCUT2D eigenvalue weighted by Crippen LogP contribution is 2.33. The summed E-state index contributed by atoms with van der Waals surface area (Å²) in [5, 5.41) is 8.99. The van der Waals surface area contributed by atoms with Crippen molar-refractivity contribution in [3.05, 3.63) is 23.4 Å². The van der Waals surface area contributed by atoms with Crippen molar-refractivity contribution in [2.24, 2.45) is 5.92 Å². The van der Waals surface area contributed by atoms with Crippen LogP contribution in [0.1, 0.15) is 50.3 Å². The van der Waals surface area contributed by atoms with Crippen molar-refractivity contribution >= 4 is 0 Å². The predicted octanol–water partition coefficient (Wildman–Crippen LogP) is 4.32. The number of alkyl halides is 3. The summed E-state index contributed by atoms with van der Waals surface area (Å²) in [7, 11) is 0. The molecule has 0 aromatic carbocycles. The highest BCUT2D eigenvalue weighted by atomic mass is 19.4. The van der Waals surface area contributed by atoms with E-state index in [0.717, 1.165) is 44.2 Å². The van der Waals surface area contributed by atoms with E-state index < -0.39 is 11.9 Å². The number of pyridine rings is 1. The number of hydrogen-bond donors (Lipinski definition) is 0. The van der Waals surface area contributed by atoms with E-state index in [0.29, 0.717) is 5.92 Å². The summed E-state index contributed by atoms with van der Waals surface area (Å²) in [5.41, 5.74) is -0.985. The maximum Gasteiger partial charge on any atom is 0.433 e. The molecule has 2 atom stereocenters. The molecule has 0 saturated heterocycles. The van der Waals surface area contributed by atoms with Crippen molar-refractivity contribution in [3.8, 4) is 11.9 Å². The van der Waals surface area contributed by atoms with E-state index in [1.54, 1.807) is 0 Å². The summed E-state index contributed by atoms with van der Waals surface area (Å²) in [6.45, 7) is 2.09. The maximum atomic E-state index is 12.7. The van der Waals surface area contributed by atoms with Gasteiger partial charge in [-0.15, -0.1) is 0 Å². The zero-order valence-corrected chi connectivity index (χ0v) is 11.8. The first-order chi connectivity index (χ1) is 9.94. The monoisotopic (exact) mass is 298 g/mol. The number of rotatable bonds is 3. The first-order valence-electron chi connectivity index (χ1n) is 7.09. The number of hydrogen-bond acceptors (Lipinski definition) is 3. The molecule has 0 radical (unpaired) electrons. The fourth-order valence-corrected chi connectivity index (χ4v) is 2.65. The maximum absolute atomic E-state index is 12.7. The molecular formula is C15H17F3N2O. The van der Waals surface area contributed by atoms with Gasteiger partial charge in [-0.1, -0.05) is 19.8 Å². The molecule has 1 aliphatic rings. The van der Waals surface area contributed by atoms with Gasteiger partial charge in [-0.3, -0.25) is 0 Å². The predicted molar refractivity (Wildman–Crippen MR) is 70.6 cm³/mol. The first-order valence-corrected chi connectivity index (χ1v) is 7.09. The van der Waals surface area contributed by atoms with Gasteiger partial charge < -0.3 is 4.74 Å². The Morgan fingerprint density at radius 1 is 1.38 bits per heavy atom. The van der Waals surface area contributed by atoms with E-state index >= 15 is 0 Å². The molecule has 1 heterocycles. The fraction of sp³-hybridized carbons (Fsp3) is 0.600. The van der Waals surface area contributed by atoms with Crippen molar-refractivity contribution in [1.29, 1.82) is 5.26 Å². The molecule has 2 unspecified atom stereocenters. The summed E-state index contributed by atoms with van der Waals surface area (Å²) in [6, 6.07) is 3.76. The normalized spacial score (nSPS) is 22.6. The molecule has 0 bridgehead atoms. The average molecular weight is 298 g/mol. The van der Waals surface area contributed by atoms with Crippen molar-refractivity contribution in [2.75, 3.05) is 0 Å². The van der Waals surface area contributed by atoms with Gasteiger partial charge in [0.25, 0.3) is 0 Å². The Morgan fingerprint density at radius 3 is 2.76 bits per heavy atom. The second-order valence-corrected chi connectivity index (χ2v) is 5.34. The molecule has 0 aliphatic heterocycles. The Balaban J connectivity index is 2.20. The van der Waals surface area contributed by atoms with Crippen LogP contribution in [0.25, 0.3) is 0 Å². The van der Waals surface area contributed by atoms with Crippen molar-refractivity contribution < 1.29 is 17.9 Å². The highest BCUT2D eigenvalue weighted by Gasteiger charge is 2.34. The molecule has 1 fully saturated rings. The molecule has 0 spiro atoms. The largest absolute Gasteiger partial charge is 0.473 e. The molecule has 1 saturated carbocycles. The summed E-state index contributed by atoms with van der Waals surface area (Å²) in [4.78, 5) is 3.49. The molecular weight excluding hydrogens is 281 g/mol. The lowest BCUT2D eigenvalue weighted by Gasteiger charge is -2.28. The molecule has 114 valence electrons. The van der Waals surface area contributed by atoms with Crippen LogP contribution in [-0.2, 0) is 6.18 Å². The standard InChI is InChI=1S/C15H17F3N2O/c1-2-10-4-3-5-12(8-10)21-14-11(9-19)6-7-13(20-14)15(16,17)18/h6-7,10,12H,2-5,8H2,1H3. The molecule has 0 amide bonds. The summed E-state index contributed by atoms with van der Waals surface area (Å²) in [6.07, 6.45) is 0.0397. The number of nitriles is 1. The first kappa shape index (κ1) is 15.6. The Morgan fingerprint density at radius 2 is 2.14 bits per heavy atom. The lowest BCUT2D eigenvalue weighted by atomic mass is 9.85. The molecule has 1 aromatic rings. The van der Waals surface area contributed by atoms with Crippen LogP contribution >= 0.6 is 0 Å². The van der Waals surface area contributed by atoms with Gasteiger partial charge in [0.05, 0.1) is 0 Å². The van der Waals surface area contributed by atoms with Crippen molar-refractivity contribution in [1.82, 2.24) is 4.98 Å². The van der Waals surface area contributed by atoms with Crippen LogP contribution in [0.15, 0.2) is 12.1 Å². The number of nitrogens with zero attached hydrogens (tertiary/aromatic N) is 2. The Bertz CT molecular complexity index is 537. The van der Waals surface area contributed by atoms with Gasteiger partial charge in [0.1, 0.15) is 23.4 Å². The van der Waals surface area contributed by atoms with Crippen LogP contribution in [0.2, 0.25) is 0 Å². The molecule has 1 aromatic heterocycles. The van der Waals surface area contributed by atoms with Gasteiger partial charge in [0.2, 0.25) is 5.88 Å². The third-order valence-corrected chi connectivity index (χ3v) is 3.86. The van der Waals surface area contributed by atoms with Gasteiger partial charge in [-0.2, -0.15) is 18.4 Å². The van der Waals surface area contributed by atoms with E-state index in [-0.39, 0.29) is 17.5 Å². The fourth-order valence-electron chi connectivity index (χ4n) is 2.65. The molecule has 2 rings (SSSR count). The lowest BCUT2D eigenvalue weighted by molar-refractivity contribution is -0.141. The molecule has 0 N–H and O–H groups in total. The number of aromatic nitrogens is 1. The smallest absolute Gasteiger partial charge is 0.433 e. The summed E-state index contributed by atoms with van der Waals surface area (Å²) < 4.78 is 43.7. The minimum Gasteiger partial charge on any atom is -0.473 e. The second-order valence-electron chi connectivity index (χ2n) is 5.34. The van der Waals surface area contributed by atoms with E-state index in [1.165, 1.54) is 0 Å². The van der Waals surface area contributed by atoms with Crippen LogP contribution in [0.3, 0.4) is 0 Å².